The van der Waals surface area contributed by atoms with Crippen LogP contribution in [0.3, 0.4) is 0 Å². The van der Waals surface area contributed by atoms with Gasteiger partial charge in [-0.15, -0.1) is 0 Å². The van der Waals surface area contributed by atoms with Crippen molar-refractivity contribution in [2.45, 2.75) is 19.1 Å². The summed E-state index contributed by atoms with van der Waals surface area (Å²) in [5, 5.41) is 2.87. The molecule has 0 saturated heterocycles. The molecule has 5 heteroatoms. The smallest absolute Gasteiger partial charge is 0.269 e. The predicted octanol–water partition coefficient (Wildman–Crippen LogP) is 2.48. The first-order valence-corrected chi connectivity index (χ1v) is 7.19. The van der Waals surface area contributed by atoms with Crippen LogP contribution in [0.4, 0.5) is 5.69 Å². The van der Waals surface area contributed by atoms with E-state index in [9.17, 15) is 4.79 Å². The molecule has 0 aliphatic carbocycles. The van der Waals surface area contributed by atoms with E-state index >= 15 is 0 Å². The van der Waals surface area contributed by atoms with Crippen LogP contribution in [0.1, 0.15) is 18.5 Å². The lowest BCUT2D eigenvalue weighted by atomic mass is 10.1. The number of nitrogens with two attached hydrogens (primary N) is 1. The van der Waals surface area contributed by atoms with Crippen LogP contribution in [0.2, 0.25) is 0 Å². The Kier molecular flexibility index (Phi) is 3.98. The summed E-state index contributed by atoms with van der Waals surface area (Å²) in [7, 11) is 0. The third-order valence-corrected chi connectivity index (χ3v) is 3.51. The normalized spacial score (nSPS) is 17.6. The SMILES string of the molecule is CC(N)c1ccccc1NC(=O)C1COc2ccccc2O1. The molecule has 3 N–H and O–H groups in total. The second-order valence-corrected chi connectivity index (χ2v) is 5.23. The third kappa shape index (κ3) is 2.89. The van der Waals surface area contributed by atoms with Crippen LogP contribution in [0, 0.1) is 0 Å². The van der Waals surface area contributed by atoms with Crippen LogP contribution in [0.25, 0.3) is 0 Å². The number of carbonyl (C=O) groups is 1. The summed E-state index contributed by atoms with van der Waals surface area (Å²) < 4.78 is 11.3. The molecule has 0 saturated carbocycles. The fourth-order valence-electron chi connectivity index (χ4n) is 2.37. The van der Waals surface area contributed by atoms with E-state index in [-0.39, 0.29) is 18.6 Å². The zero-order valence-electron chi connectivity index (χ0n) is 12.3. The van der Waals surface area contributed by atoms with Crippen LogP contribution < -0.4 is 20.5 Å². The van der Waals surface area contributed by atoms with Crippen molar-refractivity contribution in [3.8, 4) is 11.5 Å². The fraction of sp³-hybridized carbons (Fsp3) is 0.235. The maximum Gasteiger partial charge on any atom is 0.269 e. The molecular weight excluding hydrogens is 280 g/mol. The highest BCUT2D eigenvalue weighted by atomic mass is 16.6. The summed E-state index contributed by atoms with van der Waals surface area (Å²) in [5.74, 6) is 0.986. The Morgan fingerprint density at radius 3 is 2.64 bits per heavy atom. The molecular formula is C17H18N2O3. The van der Waals surface area contributed by atoms with Gasteiger partial charge in [-0.05, 0) is 30.7 Å². The topological polar surface area (TPSA) is 73.6 Å². The zero-order chi connectivity index (χ0) is 15.5. The Morgan fingerprint density at radius 2 is 1.86 bits per heavy atom. The molecule has 2 aromatic rings. The number of nitrogens with one attached hydrogen (secondary N) is 1. The highest BCUT2D eigenvalue weighted by Crippen LogP contribution is 2.31. The Balaban J connectivity index is 1.74. The molecule has 0 fully saturated rings. The molecule has 0 spiro atoms. The lowest BCUT2D eigenvalue weighted by Gasteiger charge is -2.26. The van der Waals surface area contributed by atoms with Crippen molar-refractivity contribution < 1.29 is 14.3 Å². The summed E-state index contributed by atoms with van der Waals surface area (Å²) in [6.45, 7) is 2.06. The van der Waals surface area contributed by atoms with Gasteiger partial charge in [0.05, 0.1) is 0 Å². The van der Waals surface area contributed by atoms with E-state index in [2.05, 4.69) is 5.32 Å². The number of benzene rings is 2. The molecule has 3 rings (SSSR count). The summed E-state index contributed by atoms with van der Waals surface area (Å²) in [4.78, 5) is 12.4. The molecule has 22 heavy (non-hydrogen) atoms. The molecule has 0 aromatic heterocycles. The van der Waals surface area contributed by atoms with Crippen molar-refractivity contribution in [2.75, 3.05) is 11.9 Å². The van der Waals surface area contributed by atoms with Crippen molar-refractivity contribution in [3.63, 3.8) is 0 Å². The quantitative estimate of drug-likeness (QED) is 0.913. The lowest BCUT2D eigenvalue weighted by Crippen LogP contribution is -2.40. The van der Waals surface area contributed by atoms with Gasteiger partial charge in [-0.25, -0.2) is 0 Å². The monoisotopic (exact) mass is 298 g/mol. The first-order valence-electron chi connectivity index (χ1n) is 7.19. The molecule has 114 valence electrons. The number of hydrogen-bond donors (Lipinski definition) is 2. The average Bonchev–Trinajstić information content (AvgIpc) is 2.54. The minimum atomic E-state index is -0.684. The minimum Gasteiger partial charge on any atom is -0.485 e. The van der Waals surface area contributed by atoms with Gasteiger partial charge in [-0.1, -0.05) is 30.3 Å². The van der Waals surface area contributed by atoms with E-state index in [1.165, 1.54) is 0 Å². The van der Waals surface area contributed by atoms with Crippen LogP contribution in [-0.2, 0) is 4.79 Å². The Hall–Kier alpha value is -2.53. The number of hydrogen-bond acceptors (Lipinski definition) is 4. The number of ether oxygens (including phenoxy) is 2. The minimum absolute atomic E-state index is 0.166. The van der Waals surface area contributed by atoms with E-state index in [0.29, 0.717) is 17.2 Å². The molecule has 1 amide bonds. The highest BCUT2D eigenvalue weighted by Gasteiger charge is 2.27. The number of anilines is 1. The zero-order valence-corrected chi connectivity index (χ0v) is 12.3. The van der Waals surface area contributed by atoms with Gasteiger partial charge in [0.2, 0.25) is 6.10 Å². The lowest BCUT2D eigenvalue weighted by molar-refractivity contribution is -0.125. The van der Waals surface area contributed by atoms with E-state index in [0.717, 1.165) is 5.56 Å². The molecule has 5 nitrogen and oxygen atoms in total. The van der Waals surface area contributed by atoms with Gasteiger partial charge in [0, 0.05) is 11.7 Å². The highest BCUT2D eigenvalue weighted by molar-refractivity contribution is 5.95. The summed E-state index contributed by atoms with van der Waals surface area (Å²) in [5.41, 5.74) is 7.51. The first kappa shape index (κ1) is 14.4. The molecule has 2 atom stereocenters. The largest absolute Gasteiger partial charge is 0.485 e. The number of rotatable bonds is 3. The van der Waals surface area contributed by atoms with Crippen LogP contribution in [0.5, 0.6) is 11.5 Å². The van der Waals surface area contributed by atoms with Crippen molar-refractivity contribution in [1.29, 1.82) is 0 Å². The second-order valence-electron chi connectivity index (χ2n) is 5.23. The molecule has 2 unspecified atom stereocenters. The van der Waals surface area contributed by atoms with Gasteiger partial charge in [0.25, 0.3) is 5.91 Å². The summed E-state index contributed by atoms with van der Waals surface area (Å²) in [6, 6.07) is 14.6. The fourth-order valence-corrected chi connectivity index (χ4v) is 2.37. The van der Waals surface area contributed by atoms with Crippen molar-refractivity contribution in [1.82, 2.24) is 0 Å². The van der Waals surface area contributed by atoms with E-state index in [1.54, 1.807) is 6.07 Å². The summed E-state index contributed by atoms with van der Waals surface area (Å²) in [6.07, 6.45) is -0.684. The number of fused-ring (bicyclic) bond motifs is 1. The second kappa shape index (κ2) is 6.07. The molecule has 1 heterocycles. The van der Waals surface area contributed by atoms with Crippen LogP contribution >= 0.6 is 0 Å². The number of para-hydroxylation sites is 3. The Bertz CT molecular complexity index is 685. The van der Waals surface area contributed by atoms with Crippen LogP contribution in [0.15, 0.2) is 48.5 Å². The van der Waals surface area contributed by atoms with E-state index in [1.807, 2.05) is 49.4 Å². The number of amides is 1. The molecule has 2 aromatic carbocycles. The maximum absolute atomic E-state index is 12.4. The van der Waals surface area contributed by atoms with E-state index < -0.39 is 6.10 Å². The van der Waals surface area contributed by atoms with Gasteiger partial charge in [-0.3, -0.25) is 4.79 Å². The number of carbonyl (C=O) groups excluding carboxylic acids is 1. The van der Waals surface area contributed by atoms with Gasteiger partial charge >= 0.3 is 0 Å². The van der Waals surface area contributed by atoms with E-state index in [4.69, 9.17) is 15.2 Å². The Labute approximate surface area is 129 Å². The Morgan fingerprint density at radius 1 is 1.18 bits per heavy atom. The molecule has 1 aliphatic heterocycles. The van der Waals surface area contributed by atoms with Crippen molar-refractivity contribution in [2.24, 2.45) is 5.73 Å². The van der Waals surface area contributed by atoms with Gasteiger partial charge in [0.15, 0.2) is 11.5 Å². The third-order valence-electron chi connectivity index (χ3n) is 3.51. The van der Waals surface area contributed by atoms with Gasteiger partial charge in [0.1, 0.15) is 6.61 Å². The maximum atomic E-state index is 12.4. The van der Waals surface area contributed by atoms with Crippen LogP contribution in [-0.4, -0.2) is 18.6 Å². The average molecular weight is 298 g/mol. The first-order chi connectivity index (χ1) is 10.6. The van der Waals surface area contributed by atoms with Crippen molar-refractivity contribution >= 4 is 11.6 Å². The summed E-state index contributed by atoms with van der Waals surface area (Å²) >= 11 is 0. The van der Waals surface area contributed by atoms with Gasteiger partial charge in [-0.2, -0.15) is 0 Å². The molecule has 1 aliphatic rings. The molecule has 0 bridgehead atoms. The standard InChI is InChI=1S/C17H18N2O3/c1-11(18)12-6-2-3-7-13(12)19-17(20)16-10-21-14-8-4-5-9-15(14)22-16/h2-9,11,16H,10,18H2,1H3,(H,19,20). The van der Waals surface area contributed by atoms with Gasteiger partial charge < -0.3 is 20.5 Å². The molecule has 0 radical (unpaired) electrons. The van der Waals surface area contributed by atoms with Crippen molar-refractivity contribution in [3.05, 3.63) is 54.1 Å². The predicted molar refractivity (Wildman–Crippen MR) is 84.0 cm³/mol.